The lowest BCUT2D eigenvalue weighted by atomic mass is 10.1. The second kappa shape index (κ2) is 11.8. The van der Waals surface area contributed by atoms with E-state index in [2.05, 4.69) is 0 Å². The molecule has 1 atom stereocenters. The highest BCUT2D eigenvalue weighted by atomic mass is 32.2. The molecular weight excluding hydrogens is 562 g/mol. The SMILES string of the molecule is CCS(=O)(=O)CCN(C(=O)Cc1ccc(F)c(C(F)(F)F)c1)[C@H](C)c1nc(C2CC2)c(C=O)n1-c1ccc(C)cc1. The summed E-state index contributed by atoms with van der Waals surface area (Å²) in [5.74, 6) is -2.25. The fraction of sp³-hybridized carbons (Fsp3) is 0.414. The van der Waals surface area contributed by atoms with E-state index in [9.17, 15) is 35.6 Å². The minimum absolute atomic E-state index is 0.0756. The Morgan fingerprint density at radius 3 is 2.39 bits per heavy atom. The molecule has 0 spiro atoms. The van der Waals surface area contributed by atoms with Crippen LogP contribution in [0.4, 0.5) is 17.6 Å². The lowest BCUT2D eigenvalue weighted by Crippen LogP contribution is -2.39. The molecule has 1 aliphatic carbocycles. The van der Waals surface area contributed by atoms with Crippen molar-refractivity contribution in [2.45, 2.75) is 58.2 Å². The summed E-state index contributed by atoms with van der Waals surface area (Å²) in [5.41, 5.74) is 0.965. The monoisotopic (exact) mass is 593 g/mol. The third-order valence-electron chi connectivity index (χ3n) is 7.27. The van der Waals surface area contributed by atoms with Gasteiger partial charge in [0, 0.05) is 23.9 Å². The standard InChI is InChI=1S/C29H31F4N3O4S/c1-4-41(39,40)14-13-35(26(38)16-20-7-12-24(30)23(15-20)29(31,32)33)19(3)28-34-27(21-8-9-21)25(17-37)36(28)22-10-5-18(2)6-11-22/h5-7,10-12,15,17,19,21H,4,8-9,13-14,16H2,1-3H3/t19-/m1/s1. The van der Waals surface area contributed by atoms with Gasteiger partial charge in [-0.25, -0.2) is 17.8 Å². The van der Waals surface area contributed by atoms with Crippen molar-refractivity contribution in [1.82, 2.24) is 14.5 Å². The van der Waals surface area contributed by atoms with Crippen molar-refractivity contribution in [3.63, 3.8) is 0 Å². The molecule has 0 bridgehead atoms. The number of sulfone groups is 1. The van der Waals surface area contributed by atoms with Gasteiger partial charge in [-0.05, 0) is 56.5 Å². The minimum atomic E-state index is -4.95. The molecule has 41 heavy (non-hydrogen) atoms. The average Bonchev–Trinajstić information content (AvgIpc) is 3.69. The first-order chi connectivity index (χ1) is 19.3. The van der Waals surface area contributed by atoms with E-state index < -0.39 is 45.8 Å². The van der Waals surface area contributed by atoms with Crippen molar-refractivity contribution in [2.24, 2.45) is 0 Å². The maximum absolute atomic E-state index is 13.9. The molecule has 1 saturated carbocycles. The number of aromatic nitrogens is 2. The van der Waals surface area contributed by atoms with Crippen LogP contribution in [0.25, 0.3) is 5.69 Å². The van der Waals surface area contributed by atoms with E-state index in [4.69, 9.17) is 4.98 Å². The number of carbonyl (C=O) groups excluding carboxylic acids is 2. The van der Waals surface area contributed by atoms with Gasteiger partial charge in [-0.15, -0.1) is 0 Å². The lowest BCUT2D eigenvalue weighted by Gasteiger charge is -2.30. The van der Waals surface area contributed by atoms with Crippen LogP contribution in [-0.2, 0) is 27.2 Å². The van der Waals surface area contributed by atoms with Crippen LogP contribution in [0.1, 0.15) is 77.3 Å². The van der Waals surface area contributed by atoms with Crippen molar-refractivity contribution in [2.75, 3.05) is 18.1 Å². The summed E-state index contributed by atoms with van der Waals surface area (Å²) in [6, 6.07) is 8.81. The van der Waals surface area contributed by atoms with Crippen LogP contribution < -0.4 is 0 Å². The molecule has 1 fully saturated rings. The lowest BCUT2D eigenvalue weighted by molar-refractivity contribution is -0.140. The first-order valence-electron chi connectivity index (χ1n) is 13.3. The maximum atomic E-state index is 13.9. The Kier molecular flexibility index (Phi) is 8.72. The normalized spacial score (nSPS) is 14.6. The van der Waals surface area contributed by atoms with E-state index in [0.29, 0.717) is 41.3 Å². The van der Waals surface area contributed by atoms with Crippen molar-refractivity contribution in [3.8, 4) is 5.69 Å². The van der Waals surface area contributed by atoms with E-state index in [1.807, 2.05) is 31.2 Å². The molecule has 3 aromatic rings. The van der Waals surface area contributed by atoms with Gasteiger partial charge in [-0.1, -0.05) is 30.7 Å². The molecule has 0 radical (unpaired) electrons. The highest BCUT2D eigenvalue weighted by molar-refractivity contribution is 7.91. The topological polar surface area (TPSA) is 89.3 Å². The fourth-order valence-electron chi connectivity index (χ4n) is 4.72. The van der Waals surface area contributed by atoms with E-state index >= 15 is 0 Å². The maximum Gasteiger partial charge on any atom is 0.419 e. The van der Waals surface area contributed by atoms with Gasteiger partial charge in [0.05, 0.1) is 29.5 Å². The molecule has 1 heterocycles. The largest absolute Gasteiger partial charge is 0.419 e. The molecule has 220 valence electrons. The number of aryl methyl sites for hydroxylation is 1. The van der Waals surface area contributed by atoms with Crippen molar-refractivity contribution in [1.29, 1.82) is 0 Å². The molecule has 0 aliphatic heterocycles. The van der Waals surface area contributed by atoms with E-state index in [1.165, 1.54) is 11.8 Å². The number of nitrogens with zero attached hydrogens (tertiary/aromatic N) is 3. The fourth-order valence-corrected chi connectivity index (χ4v) is 5.48. The van der Waals surface area contributed by atoms with Crippen molar-refractivity contribution >= 4 is 22.0 Å². The molecule has 1 aromatic heterocycles. The molecule has 0 unspecified atom stereocenters. The zero-order valence-electron chi connectivity index (χ0n) is 22.9. The number of rotatable bonds is 11. The number of halogens is 4. The molecule has 4 rings (SSSR count). The molecule has 7 nitrogen and oxygen atoms in total. The second-order valence-corrected chi connectivity index (χ2v) is 12.8. The summed E-state index contributed by atoms with van der Waals surface area (Å²) in [5, 5.41) is 0. The van der Waals surface area contributed by atoms with Crippen LogP contribution in [0.15, 0.2) is 42.5 Å². The van der Waals surface area contributed by atoms with Gasteiger partial charge < -0.3 is 4.90 Å². The average molecular weight is 594 g/mol. The molecule has 0 N–H and O–H groups in total. The summed E-state index contributed by atoms with van der Waals surface area (Å²) < 4.78 is 80.2. The van der Waals surface area contributed by atoms with E-state index in [0.717, 1.165) is 24.5 Å². The Labute approximate surface area is 236 Å². The highest BCUT2D eigenvalue weighted by Crippen LogP contribution is 2.42. The number of aldehydes is 1. The third kappa shape index (κ3) is 6.86. The number of benzene rings is 2. The molecular formula is C29H31F4N3O4S. The zero-order valence-corrected chi connectivity index (χ0v) is 23.7. The second-order valence-electron chi connectivity index (χ2n) is 10.3. The van der Waals surface area contributed by atoms with Crippen LogP contribution >= 0.6 is 0 Å². The Hall–Kier alpha value is -3.54. The smallest absolute Gasteiger partial charge is 0.331 e. The van der Waals surface area contributed by atoms with Crippen molar-refractivity contribution < 1.29 is 35.6 Å². The molecule has 1 amide bonds. The van der Waals surface area contributed by atoms with Crippen LogP contribution in [-0.4, -0.2) is 53.1 Å². The summed E-state index contributed by atoms with van der Waals surface area (Å²) >= 11 is 0. The Morgan fingerprint density at radius 1 is 1.17 bits per heavy atom. The molecule has 2 aromatic carbocycles. The van der Waals surface area contributed by atoms with Crippen molar-refractivity contribution in [3.05, 3.63) is 82.2 Å². The number of imidazole rings is 1. The van der Waals surface area contributed by atoms with Gasteiger partial charge in [0.1, 0.15) is 17.3 Å². The quantitative estimate of drug-likeness (QED) is 0.214. The number of carbonyl (C=O) groups is 2. The Bertz CT molecular complexity index is 1550. The van der Waals surface area contributed by atoms with Crippen LogP contribution in [0.3, 0.4) is 0 Å². The zero-order chi connectivity index (χ0) is 30.1. The van der Waals surface area contributed by atoms with E-state index in [1.54, 1.807) is 11.5 Å². The van der Waals surface area contributed by atoms with Crippen LogP contribution in [0.5, 0.6) is 0 Å². The number of hydrogen-bond donors (Lipinski definition) is 0. The summed E-state index contributed by atoms with van der Waals surface area (Å²) in [4.78, 5) is 31.9. The van der Waals surface area contributed by atoms with Gasteiger partial charge in [-0.3, -0.25) is 14.2 Å². The van der Waals surface area contributed by atoms with Crippen LogP contribution in [0.2, 0.25) is 0 Å². The summed E-state index contributed by atoms with van der Waals surface area (Å²) in [7, 11) is -3.52. The number of hydrogen-bond acceptors (Lipinski definition) is 5. The summed E-state index contributed by atoms with van der Waals surface area (Å²) in [6.07, 6.45) is -3.07. The predicted molar refractivity (Wildman–Crippen MR) is 145 cm³/mol. The summed E-state index contributed by atoms with van der Waals surface area (Å²) in [6.45, 7) is 4.77. The van der Waals surface area contributed by atoms with Gasteiger partial charge in [0.15, 0.2) is 16.1 Å². The Morgan fingerprint density at radius 2 is 1.83 bits per heavy atom. The predicted octanol–water partition coefficient (Wildman–Crippen LogP) is 5.60. The first-order valence-corrected chi connectivity index (χ1v) is 15.1. The third-order valence-corrected chi connectivity index (χ3v) is 8.96. The molecule has 12 heteroatoms. The number of amides is 1. The van der Waals surface area contributed by atoms with Gasteiger partial charge in [-0.2, -0.15) is 13.2 Å². The Balaban J connectivity index is 1.77. The number of alkyl halides is 3. The minimum Gasteiger partial charge on any atom is -0.331 e. The first kappa shape index (κ1) is 30.4. The van der Waals surface area contributed by atoms with Gasteiger partial charge in [0.25, 0.3) is 0 Å². The van der Waals surface area contributed by atoms with Gasteiger partial charge >= 0.3 is 6.18 Å². The molecule has 0 saturated heterocycles. The van der Waals surface area contributed by atoms with Gasteiger partial charge in [0.2, 0.25) is 5.91 Å². The molecule has 1 aliphatic rings. The highest BCUT2D eigenvalue weighted by Gasteiger charge is 2.36. The van der Waals surface area contributed by atoms with E-state index in [-0.39, 0.29) is 29.5 Å². The van der Waals surface area contributed by atoms with Crippen LogP contribution in [0, 0.1) is 12.7 Å².